The van der Waals surface area contributed by atoms with Gasteiger partial charge < -0.3 is 5.11 Å². The van der Waals surface area contributed by atoms with Crippen LogP contribution in [-0.2, 0) is 4.79 Å². The number of carboxylic acid groups (broad SMARTS) is 1. The van der Waals surface area contributed by atoms with E-state index in [0.717, 1.165) is 17.2 Å². The van der Waals surface area contributed by atoms with Crippen molar-refractivity contribution in [2.45, 2.75) is 6.92 Å². The number of aryl methyl sites for hydroxylation is 1. The molecule has 1 aromatic rings. The Balaban J connectivity index is 3.10. The van der Waals surface area contributed by atoms with E-state index in [4.69, 9.17) is 28.3 Å². The Labute approximate surface area is 91.8 Å². The van der Waals surface area contributed by atoms with Gasteiger partial charge in [0, 0.05) is 6.08 Å². The van der Waals surface area contributed by atoms with Crippen LogP contribution in [0.2, 0.25) is 10.0 Å². The summed E-state index contributed by atoms with van der Waals surface area (Å²) in [6, 6.07) is 3.34. The highest BCUT2D eigenvalue weighted by Crippen LogP contribution is 2.26. The van der Waals surface area contributed by atoms with Crippen molar-refractivity contribution in [3.63, 3.8) is 0 Å². The van der Waals surface area contributed by atoms with Gasteiger partial charge in [0.05, 0.1) is 10.0 Å². The number of hydrogen-bond acceptors (Lipinski definition) is 1. The van der Waals surface area contributed by atoms with Gasteiger partial charge >= 0.3 is 5.97 Å². The van der Waals surface area contributed by atoms with Gasteiger partial charge in [0.15, 0.2) is 0 Å². The van der Waals surface area contributed by atoms with E-state index >= 15 is 0 Å². The number of halogens is 2. The number of carbonyl (C=O) groups is 1. The molecule has 0 saturated carbocycles. The third kappa shape index (κ3) is 2.76. The van der Waals surface area contributed by atoms with Crippen LogP contribution in [0.4, 0.5) is 0 Å². The van der Waals surface area contributed by atoms with Crippen LogP contribution in [-0.4, -0.2) is 11.1 Å². The van der Waals surface area contributed by atoms with Gasteiger partial charge in [-0.2, -0.15) is 0 Å². The van der Waals surface area contributed by atoms with Gasteiger partial charge in [-0.25, -0.2) is 4.79 Å². The Morgan fingerprint density at radius 3 is 2.50 bits per heavy atom. The molecule has 0 atom stereocenters. The SMILES string of the molecule is Cc1cc(Cl)c(Cl)cc1C=CC(=O)O. The molecule has 0 radical (unpaired) electrons. The zero-order valence-corrected chi connectivity index (χ0v) is 8.93. The lowest BCUT2D eigenvalue weighted by atomic mass is 10.1. The Kier molecular flexibility index (Phi) is 3.55. The summed E-state index contributed by atoms with van der Waals surface area (Å²) < 4.78 is 0. The number of carboxylic acids is 1. The summed E-state index contributed by atoms with van der Waals surface area (Å²) in [5.74, 6) is -0.990. The molecule has 0 saturated heterocycles. The standard InChI is InChI=1S/C10H8Cl2O2/c1-6-4-8(11)9(12)5-7(6)2-3-10(13)14/h2-5H,1H3,(H,13,14). The molecule has 1 aromatic carbocycles. The van der Waals surface area contributed by atoms with Crippen LogP contribution in [0.25, 0.3) is 6.08 Å². The molecule has 0 aliphatic heterocycles. The largest absolute Gasteiger partial charge is 0.478 e. The molecule has 0 aliphatic rings. The van der Waals surface area contributed by atoms with Gasteiger partial charge in [0.2, 0.25) is 0 Å². The van der Waals surface area contributed by atoms with Gasteiger partial charge in [-0.15, -0.1) is 0 Å². The van der Waals surface area contributed by atoms with E-state index in [-0.39, 0.29) is 0 Å². The van der Waals surface area contributed by atoms with Crippen LogP contribution in [0.15, 0.2) is 18.2 Å². The lowest BCUT2D eigenvalue weighted by Crippen LogP contribution is -1.87. The number of rotatable bonds is 2. The molecule has 0 spiro atoms. The first-order valence-electron chi connectivity index (χ1n) is 3.87. The summed E-state index contributed by atoms with van der Waals surface area (Å²) in [5, 5.41) is 9.33. The fourth-order valence-corrected chi connectivity index (χ4v) is 1.39. The highest BCUT2D eigenvalue weighted by molar-refractivity contribution is 6.42. The van der Waals surface area contributed by atoms with E-state index in [0.29, 0.717) is 10.0 Å². The Morgan fingerprint density at radius 2 is 1.93 bits per heavy atom. The second kappa shape index (κ2) is 4.49. The fraction of sp³-hybridized carbons (Fsp3) is 0.100. The first-order valence-corrected chi connectivity index (χ1v) is 4.63. The predicted molar refractivity (Wildman–Crippen MR) is 57.9 cm³/mol. The summed E-state index contributed by atoms with van der Waals surface area (Å²) in [5.41, 5.74) is 1.64. The van der Waals surface area contributed by atoms with Crippen molar-refractivity contribution in [2.24, 2.45) is 0 Å². The van der Waals surface area contributed by atoms with Crippen molar-refractivity contribution in [2.75, 3.05) is 0 Å². The van der Waals surface area contributed by atoms with Crippen LogP contribution in [0.5, 0.6) is 0 Å². The molecule has 0 aromatic heterocycles. The first kappa shape index (κ1) is 11.1. The summed E-state index contributed by atoms with van der Waals surface area (Å²) in [6.07, 6.45) is 2.55. The smallest absolute Gasteiger partial charge is 0.328 e. The van der Waals surface area contributed by atoms with Crippen molar-refractivity contribution < 1.29 is 9.90 Å². The second-order valence-corrected chi connectivity index (χ2v) is 3.61. The molecular formula is C10H8Cl2O2. The second-order valence-electron chi connectivity index (χ2n) is 2.79. The average Bonchev–Trinajstić information content (AvgIpc) is 2.09. The number of hydrogen-bond donors (Lipinski definition) is 1. The van der Waals surface area contributed by atoms with Crippen molar-refractivity contribution in [3.8, 4) is 0 Å². The van der Waals surface area contributed by atoms with Gasteiger partial charge in [-0.3, -0.25) is 0 Å². The van der Waals surface area contributed by atoms with Crippen LogP contribution in [0, 0.1) is 6.92 Å². The maximum atomic E-state index is 10.3. The molecule has 0 bridgehead atoms. The van der Waals surface area contributed by atoms with Crippen LogP contribution >= 0.6 is 23.2 Å². The summed E-state index contributed by atoms with van der Waals surface area (Å²) in [6.45, 7) is 1.84. The minimum absolute atomic E-state index is 0.419. The van der Waals surface area contributed by atoms with Crippen molar-refractivity contribution in [1.29, 1.82) is 0 Å². The molecule has 0 amide bonds. The van der Waals surface area contributed by atoms with E-state index in [1.165, 1.54) is 6.08 Å². The van der Waals surface area contributed by atoms with E-state index in [1.807, 2.05) is 6.92 Å². The predicted octanol–water partition coefficient (Wildman–Crippen LogP) is 3.40. The monoisotopic (exact) mass is 230 g/mol. The highest BCUT2D eigenvalue weighted by Gasteiger charge is 2.01. The molecule has 1 N–H and O–H groups in total. The van der Waals surface area contributed by atoms with Crippen LogP contribution < -0.4 is 0 Å². The zero-order valence-electron chi connectivity index (χ0n) is 7.42. The minimum Gasteiger partial charge on any atom is -0.478 e. The average molecular weight is 231 g/mol. The minimum atomic E-state index is -0.990. The van der Waals surface area contributed by atoms with E-state index in [9.17, 15) is 4.79 Å². The van der Waals surface area contributed by atoms with Crippen LogP contribution in [0.3, 0.4) is 0 Å². The molecule has 1 rings (SSSR count). The topological polar surface area (TPSA) is 37.3 Å². The number of benzene rings is 1. The van der Waals surface area contributed by atoms with Crippen molar-refractivity contribution in [3.05, 3.63) is 39.4 Å². The molecular weight excluding hydrogens is 223 g/mol. The number of aliphatic carboxylic acids is 1. The molecule has 0 heterocycles. The van der Waals surface area contributed by atoms with Gasteiger partial charge in [0.25, 0.3) is 0 Å². The summed E-state index contributed by atoms with van der Waals surface area (Å²) >= 11 is 11.6. The molecule has 0 aliphatic carbocycles. The van der Waals surface area contributed by atoms with Gasteiger partial charge in [-0.05, 0) is 36.3 Å². The van der Waals surface area contributed by atoms with Gasteiger partial charge in [0.1, 0.15) is 0 Å². The Hall–Kier alpha value is -0.990. The Morgan fingerprint density at radius 1 is 1.36 bits per heavy atom. The summed E-state index contributed by atoms with van der Waals surface area (Å²) in [4.78, 5) is 10.3. The molecule has 0 unspecified atom stereocenters. The fourth-order valence-electron chi connectivity index (χ4n) is 1.00. The maximum Gasteiger partial charge on any atom is 0.328 e. The molecule has 2 nitrogen and oxygen atoms in total. The first-order chi connectivity index (χ1) is 6.50. The molecule has 74 valence electrons. The van der Waals surface area contributed by atoms with Gasteiger partial charge in [-0.1, -0.05) is 23.2 Å². The van der Waals surface area contributed by atoms with E-state index in [1.54, 1.807) is 12.1 Å². The van der Waals surface area contributed by atoms with E-state index < -0.39 is 5.97 Å². The maximum absolute atomic E-state index is 10.3. The third-order valence-corrected chi connectivity index (χ3v) is 2.44. The highest BCUT2D eigenvalue weighted by atomic mass is 35.5. The normalized spacial score (nSPS) is 10.8. The third-order valence-electron chi connectivity index (χ3n) is 1.71. The molecule has 14 heavy (non-hydrogen) atoms. The zero-order chi connectivity index (χ0) is 10.7. The van der Waals surface area contributed by atoms with Crippen molar-refractivity contribution >= 4 is 35.2 Å². The van der Waals surface area contributed by atoms with Crippen LogP contribution in [0.1, 0.15) is 11.1 Å². The molecule has 0 fully saturated rings. The summed E-state index contributed by atoms with van der Waals surface area (Å²) in [7, 11) is 0. The van der Waals surface area contributed by atoms with E-state index in [2.05, 4.69) is 0 Å². The quantitative estimate of drug-likeness (QED) is 0.792. The van der Waals surface area contributed by atoms with Crippen molar-refractivity contribution in [1.82, 2.24) is 0 Å². The molecule has 4 heteroatoms. The lowest BCUT2D eigenvalue weighted by Gasteiger charge is -2.02. The Bertz CT molecular complexity index is 397. The lowest BCUT2D eigenvalue weighted by molar-refractivity contribution is -0.131.